The summed E-state index contributed by atoms with van der Waals surface area (Å²) in [4.78, 5) is 38.1. The predicted octanol–water partition coefficient (Wildman–Crippen LogP) is 4.09. The molecule has 0 radical (unpaired) electrons. The van der Waals surface area contributed by atoms with Crippen LogP contribution in [-0.2, 0) is 16.0 Å². The topological polar surface area (TPSA) is 84.9 Å². The SMILES string of the molecule is CCOC(=O)Oc1ccc(C(=O)N2CCC(CNC(=O)Cc3cccc(Cl)c3)CC2)cc1. The summed E-state index contributed by atoms with van der Waals surface area (Å²) < 4.78 is 9.74. The molecule has 0 saturated carbocycles. The van der Waals surface area contributed by atoms with Gasteiger partial charge < -0.3 is 19.7 Å². The van der Waals surface area contributed by atoms with Crippen molar-refractivity contribution in [3.63, 3.8) is 0 Å². The summed E-state index contributed by atoms with van der Waals surface area (Å²) in [6.45, 7) is 3.79. The molecule has 7 nitrogen and oxygen atoms in total. The Morgan fingerprint density at radius 1 is 1.09 bits per heavy atom. The molecule has 1 aliphatic heterocycles. The van der Waals surface area contributed by atoms with Crippen molar-refractivity contribution < 1.29 is 23.9 Å². The van der Waals surface area contributed by atoms with Crippen LogP contribution in [0.5, 0.6) is 5.75 Å². The highest BCUT2D eigenvalue weighted by Crippen LogP contribution is 2.20. The van der Waals surface area contributed by atoms with E-state index in [-0.39, 0.29) is 18.4 Å². The van der Waals surface area contributed by atoms with Crippen LogP contribution in [0.25, 0.3) is 0 Å². The van der Waals surface area contributed by atoms with Crippen molar-refractivity contribution in [2.75, 3.05) is 26.2 Å². The van der Waals surface area contributed by atoms with Gasteiger partial charge in [0.1, 0.15) is 5.75 Å². The van der Waals surface area contributed by atoms with Crippen molar-refractivity contribution in [1.82, 2.24) is 10.2 Å². The standard InChI is InChI=1S/C24H27ClN2O5/c1-2-31-24(30)32-21-8-6-19(7-9-21)23(29)27-12-10-17(11-13-27)16-26-22(28)15-18-4-3-5-20(25)14-18/h3-9,14,17H,2,10-13,15-16H2,1H3,(H,26,28). The highest BCUT2D eigenvalue weighted by Gasteiger charge is 2.24. The number of carbonyl (C=O) groups is 3. The van der Waals surface area contributed by atoms with Gasteiger partial charge in [-0.1, -0.05) is 23.7 Å². The molecule has 8 heteroatoms. The first kappa shape index (κ1) is 23.6. The number of piperidine rings is 1. The highest BCUT2D eigenvalue weighted by molar-refractivity contribution is 6.30. The summed E-state index contributed by atoms with van der Waals surface area (Å²) in [7, 11) is 0. The van der Waals surface area contributed by atoms with Crippen LogP contribution in [-0.4, -0.2) is 49.1 Å². The molecule has 0 aromatic heterocycles. The minimum atomic E-state index is -0.770. The fraction of sp³-hybridized carbons (Fsp3) is 0.375. The van der Waals surface area contributed by atoms with E-state index >= 15 is 0 Å². The smallest absolute Gasteiger partial charge is 0.434 e. The molecule has 2 aromatic rings. The van der Waals surface area contributed by atoms with Crippen molar-refractivity contribution >= 4 is 29.6 Å². The van der Waals surface area contributed by atoms with E-state index in [1.54, 1.807) is 43.3 Å². The Hall–Kier alpha value is -3.06. The molecule has 0 bridgehead atoms. The number of amides is 2. The van der Waals surface area contributed by atoms with E-state index in [0.29, 0.717) is 48.3 Å². The molecule has 1 heterocycles. The molecule has 0 atom stereocenters. The predicted molar refractivity (Wildman–Crippen MR) is 121 cm³/mol. The van der Waals surface area contributed by atoms with Crippen LogP contribution in [0.1, 0.15) is 35.7 Å². The van der Waals surface area contributed by atoms with Gasteiger partial charge in [0.2, 0.25) is 5.91 Å². The summed E-state index contributed by atoms with van der Waals surface area (Å²) in [5.41, 5.74) is 1.42. The number of hydrogen-bond acceptors (Lipinski definition) is 5. The maximum Gasteiger partial charge on any atom is 0.513 e. The molecule has 2 amide bonds. The molecule has 32 heavy (non-hydrogen) atoms. The number of likely N-dealkylation sites (tertiary alicyclic amines) is 1. The lowest BCUT2D eigenvalue weighted by Crippen LogP contribution is -2.41. The van der Waals surface area contributed by atoms with Crippen LogP contribution >= 0.6 is 11.6 Å². The summed E-state index contributed by atoms with van der Waals surface area (Å²) >= 11 is 5.96. The third-order valence-corrected chi connectivity index (χ3v) is 5.54. The van der Waals surface area contributed by atoms with Gasteiger partial charge in [0.25, 0.3) is 5.91 Å². The number of nitrogens with zero attached hydrogens (tertiary/aromatic N) is 1. The van der Waals surface area contributed by atoms with Gasteiger partial charge in [-0.25, -0.2) is 4.79 Å². The van der Waals surface area contributed by atoms with Crippen molar-refractivity contribution in [2.45, 2.75) is 26.2 Å². The van der Waals surface area contributed by atoms with Gasteiger partial charge in [0.15, 0.2) is 0 Å². The molecule has 1 N–H and O–H groups in total. The van der Waals surface area contributed by atoms with E-state index in [0.717, 1.165) is 18.4 Å². The highest BCUT2D eigenvalue weighted by atomic mass is 35.5. The van der Waals surface area contributed by atoms with Crippen LogP contribution in [0.4, 0.5) is 4.79 Å². The van der Waals surface area contributed by atoms with E-state index in [2.05, 4.69) is 5.32 Å². The quantitative estimate of drug-likeness (QED) is 0.499. The zero-order valence-corrected chi connectivity index (χ0v) is 18.8. The third-order valence-electron chi connectivity index (χ3n) is 5.31. The Labute approximate surface area is 192 Å². The van der Waals surface area contributed by atoms with Crippen molar-refractivity contribution in [3.05, 3.63) is 64.7 Å². The molecular formula is C24H27ClN2O5. The van der Waals surface area contributed by atoms with Gasteiger partial charge in [0.05, 0.1) is 13.0 Å². The van der Waals surface area contributed by atoms with Crippen molar-refractivity contribution in [2.24, 2.45) is 5.92 Å². The number of ether oxygens (including phenoxy) is 2. The summed E-state index contributed by atoms with van der Waals surface area (Å²) in [5, 5.41) is 3.61. The largest absolute Gasteiger partial charge is 0.513 e. The van der Waals surface area contributed by atoms with Crippen LogP contribution in [0.15, 0.2) is 48.5 Å². The fourth-order valence-electron chi connectivity index (χ4n) is 3.58. The Bertz CT molecular complexity index is 940. The van der Waals surface area contributed by atoms with Crippen LogP contribution in [0, 0.1) is 5.92 Å². The molecular weight excluding hydrogens is 432 g/mol. The molecule has 0 spiro atoms. The van der Waals surface area contributed by atoms with Gasteiger partial charge in [0, 0.05) is 30.2 Å². The lowest BCUT2D eigenvalue weighted by atomic mass is 9.96. The van der Waals surface area contributed by atoms with Gasteiger partial charge in [-0.05, 0) is 67.6 Å². The number of benzene rings is 2. The zero-order valence-electron chi connectivity index (χ0n) is 18.0. The Kier molecular flexibility index (Phi) is 8.50. The monoisotopic (exact) mass is 458 g/mol. The fourth-order valence-corrected chi connectivity index (χ4v) is 3.80. The Morgan fingerprint density at radius 3 is 2.47 bits per heavy atom. The minimum absolute atomic E-state index is 0.0316. The van der Waals surface area contributed by atoms with Gasteiger partial charge in [-0.3, -0.25) is 9.59 Å². The average Bonchev–Trinajstić information content (AvgIpc) is 2.78. The molecule has 2 aromatic carbocycles. The second-order valence-electron chi connectivity index (χ2n) is 7.66. The Morgan fingerprint density at radius 2 is 1.81 bits per heavy atom. The number of rotatable bonds is 7. The maximum absolute atomic E-state index is 12.8. The van der Waals surface area contributed by atoms with E-state index in [1.807, 2.05) is 17.0 Å². The zero-order chi connectivity index (χ0) is 22.9. The molecule has 170 valence electrons. The van der Waals surface area contributed by atoms with E-state index in [4.69, 9.17) is 21.1 Å². The number of hydrogen-bond donors (Lipinski definition) is 1. The molecule has 0 aliphatic carbocycles. The normalized spacial score (nSPS) is 14.0. The lowest BCUT2D eigenvalue weighted by molar-refractivity contribution is -0.120. The lowest BCUT2D eigenvalue weighted by Gasteiger charge is -2.32. The first-order chi connectivity index (χ1) is 15.4. The number of halogens is 1. The first-order valence-corrected chi connectivity index (χ1v) is 11.1. The summed E-state index contributed by atoms with van der Waals surface area (Å²) in [6.07, 6.45) is 1.18. The van der Waals surface area contributed by atoms with E-state index in [9.17, 15) is 14.4 Å². The average molecular weight is 459 g/mol. The minimum Gasteiger partial charge on any atom is -0.434 e. The van der Waals surface area contributed by atoms with Crippen LogP contribution < -0.4 is 10.1 Å². The van der Waals surface area contributed by atoms with E-state index in [1.165, 1.54) is 0 Å². The van der Waals surface area contributed by atoms with Crippen LogP contribution in [0.3, 0.4) is 0 Å². The first-order valence-electron chi connectivity index (χ1n) is 10.7. The third kappa shape index (κ3) is 6.99. The molecule has 1 saturated heterocycles. The number of nitrogens with one attached hydrogen (secondary N) is 1. The second-order valence-corrected chi connectivity index (χ2v) is 8.09. The molecule has 1 fully saturated rings. The molecule has 1 aliphatic rings. The van der Waals surface area contributed by atoms with Crippen LogP contribution in [0.2, 0.25) is 5.02 Å². The van der Waals surface area contributed by atoms with Gasteiger partial charge in [-0.2, -0.15) is 0 Å². The van der Waals surface area contributed by atoms with Crippen molar-refractivity contribution in [3.8, 4) is 5.75 Å². The number of carbonyl (C=O) groups excluding carboxylic acids is 3. The molecule has 3 rings (SSSR count). The maximum atomic E-state index is 12.8. The summed E-state index contributed by atoms with van der Waals surface area (Å²) in [6, 6.07) is 13.7. The summed E-state index contributed by atoms with van der Waals surface area (Å²) in [5.74, 6) is 0.571. The van der Waals surface area contributed by atoms with Gasteiger partial charge in [-0.15, -0.1) is 0 Å². The van der Waals surface area contributed by atoms with E-state index < -0.39 is 6.16 Å². The van der Waals surface area contributed by atoms with Crippen molar-refractivity contribution in [1.29, 1.82) is 0 Å². The second kappa shape index (κ2) is 11.5. The Balaban J connectivity index is 1.41. The molecule has 0 unspecified atom stereocenters. The van der Waals surface area contributed by atoms with Gasteiger partial charge >= 0.3 is 6.16 Å².